The van der Waals surface area contributed by atoms with Crippen LogP contribution >= 0.6 is 11.6 Å². The van der Waals surface area contributed by atoms with Gasteiger partial charge in [0.25, 0.3) is 5.69 Å². The zero-order valence-corrected chi connectivity index (χ0v) is 9.94. The third-order valence-electron chi connectivity index (χ3n) is 2.61. The highest BCUT2D eigenvalue weighted by Gasteiger charge is 2.18. The normalized spacial score (nSPS) is 14.5. The number of nitrogens with zero attached hydrogens (tertiary/aromatic N) is 1. The van der Waals surface area contributed by atoms with Gasteiger partial charge in [-0.3, -0.25) is 10.1 Å². The maximum Gasteiger partial charge on any atom is 0.274 e. The van der Waals surface area contributed by atoms with E-state index in [4.69, 9.17) is 11.6 Å². The van der Waals surface area contributed by atoms with Gasteiger partial charge in [0.1, 0.15) is 0 Å². The van der Waals surface area contributed by atoms with Crippen molar-refractivity contribution in [3.8, 4) is 0 Å². The lowest BCUT2D eigenvalue weighted by molar-refractivity contribution is -0.385. The lowest BCUT2D eigenvalue weighted by Crippen LogP contribution is -2.16. The zero-order valence-electron chi connectivity index (χ0n) is 9.18. The number of rotatable bonds is 4. The molecule has 16 heavy (non-hydrogen) atoms. The highest BCUT2D eigenvalue weighted by atomic mass is 35.5. The Morgan fingerprint density at radius 1 is 1.50 bits per heavy atom. The predicted octanol–water partition coefficient (Wildman–Crippen LogP) is 2.81. The molecule has 4 nitrogen and oxygen atoms in total. The van der Waals surface area contributed by atoms with E-state index in [2.05, 4.69) is 0 Å². The van der Waals surface area contributed by atoms with Crippen LogP contribution < -0.4 is 0 Å². The number of hydrogen-bond donors (Lipinski definition) is 1. The maximum atomic E-state index is 10.8. The van der Waals surface area contributed by atoms with Crippen molar-refractivity contribution in [1.82, 2.24) is 0 Å². The molecular formula is C11H14ClNO3. The molecule has 1 aromatic carbocycles. The first kappa shape index (κ1) is 12.9. The van der Waals surface area contributed by atoms with Crippen LogP contribution in [0, 0.1) is 16.0 Å². The summed E-state index contributed by atoms with van der Waals surface area (Å²) in [4.78, 5) is 10.4. The SMILES string of the molecule is CC(O)C(C)Cc1ccc(Cl)cc1[N+](=O)[O-]. The van der Waals surface area contributed by atoms with Gasteiger partial charge in [0.15, 0.2) is 0 Å². The summed E-state index contributed by atoms with van der Waals surface area (Å²) in [6.45, 7) is 3.52. The molecule has 0 aliphatic heterocycles. The Balaban J connectivity index is 2.99. The summed E-state index contributed by atoms with van der Waals surface area (Å²) in [5.41, 5.74) is 0.614. The minimum absolute atomic E-state index is 0.0139. The van der Waals surface area contributed by atoms with Crippen molar-refractivity contribution in [3.63, 3.8) is 0 Å². The van der Waals surface area contributed by atoms with Gasteiger partial charge in [0.2, 0.25) is 0 Å². The van der Waals surface area contributed by atoms with Crippen molar-refractivity contribution in [2.24, 2.45) is 5.92 Å². The van der Waals surface area contributed by atoms with E-state index in [-0.39, 0.29) is 11.6 Å². The van der Waals surface area contributed by atoms with Crippen molar-refractivity contribution < 1.29 is 10.0 Å². The van der Waals surface area contributed by atoms with Gasteiger partial charge in [-0.15, -0.1) is 0 Å². The monoisotopic (exact) mass is 243 g/mol. The number of nitro groups is 1. The standard InChI is InChI=1S/C11H14ClNO3/c1-7(8(2)14)5-9-3-4-10(12)6-11(9)13(15)16/h3-4,6-8,14H,5H2,1-2H3. The molecule has 0 saturated heterocycles. The number of hydrogen-bond acceptors (Lipinski definition) is 3. The van der Waals surface area contributed by atoms with Crippen LogP contribution in [-0.4, -0.2) is 16.1 Å². The molecule has 88 valence electrons. The molecule has 0 saturated carbocycles. The first-order valence-electron chi connectivity index (χ1n) is 5.02. The van der Waals surface area contributed by atoms with Crippen molar-refractivity contribution in [2.45, 2.75) is 26.4 Å². The number of benzene rings is 1. The van der Waals surface area contributed by atoms with Crippen LogP contribution in [0.15, 0.2) is 18.2 Å². The molecular weight excluding hydrogens is 230 g/mol. The number of aliphatic hydroxyl groups is 1. The molecule has 0 aliphatic rings. The third kappa shape index (κ3) is 3.18. The molecule has 1 aromatic rings. The number of aliphatic hydroxyl groups excluding tert-OH is 1. The Hall–Kier alpha value is -1.13. The zero-order chi connectivity index (χ0) is 12.3. The summed E-state index contributed by atoms with van der Waals surface area (Å²) < 4.78 is 0. The van der Waals surface area contributed by atoms with Gasteiger partial charge in [-0.05, 0) is 25.3 Å². The molecule has 2 unspecified atom stereocenters. The topological polar surface area (TPSA) is 63.4 Å². The van der Waals surface area contributed by atoms with Crippen LogP contribution in [0.5, 0.6) is 0 Å². The smallest absolute Gasteiger partial charge is 0.274 e. The van der Waals surface area contributed by atoms with Gasteiger partial charge in [0, 0.05) is 16.7 Å². The minimum atomic E-state index is -0.490. The second kappa shape index (κ2) is 5.27. The highest BCUT2D eigenvalue weighted by molar-refractivity contribution is 6.30. The van der Waals surface area contributed by atoms with E-state index >= 15 is 0 Å². The maximum absolute atomic E-state index is 10.8. The van der Waals surface area contributed by atoms with Crippen LogP contribution in [0.4, 0.5) is 5.69 Å². The molecule has 2 atom stereocenters. The van der Waals surface area contributed by atoms with E-state index in [9.17, 15) is 15.2 Å². The fourth-order valence-electron chi connectivity index (χ4n) is 1.40. The molecule has 0 amide bonds. The largest absolute Gasteiger partial charge is 0.393 e. The molecule has 0 aromatic heterocycles. The van der Waals surface area contributed by atoms with E-state index in [0.717, 1.165) is 0 Å². The van der Waals surface area contributed by atoms with E-state index in [0.29, 0.717) is 17.0 Å². The molecule has 0 heterocycles. The summed E-state index contributed by atoms with van der Waals surface area (Å²) >= 11 is 5.71. The van der Waals surface area contributed by atoms with E-state index < -0.39 is 11.0 Å². The molecule has 1 N–H and O–H groups in total. The minimum Gasteiger partial charge on any atom is -0.393 e. The Morgan fingerprint density at radius 2 is 2.12 bits per heavy atom. The van der Waals surface area contributed by atoms with E-state index in [1.165, 1.54) is 6.07 Å². The third-order valence-corrected chi connectivity index (χ3v) is 2.84. The Labute approximate surface area is 99.0 Å². The van der Waals surface area contributed by atoms with Crippen molar-refractivity contribution in [1.29, 1.82) is 0 Å². The van der Waals surface area contributed by atoms with Gasteiger partial charge < -0.3 is 5.11 Å². The Bertz CT molecular complexity index is 393. The first-order chi connectivity index (χ1) is 7.41. The van der Waals surface area contributed by atoms with Crippen molar-refractivity contribution in [2.75, 3.05) is 0 Å². The number of halogens is 1. The predicted molar refractivity (Wildman–Crippen MR) is 62.7 cm³/mol. The summed E-state index contributed by atoms with van der Waals surface area (Å²) in [6, 6.07) is 4.60. The van der Waals surface area contributed by atoms with Crippen LogP contribution in [0.1, 0.15) is 19.4 Å². The second-order valence-electron chi connectivity index (χ2n) is 3.95. The second-order valence-corrected chi connectivity index (χ2v) is 4.39. The number of nitro benzene ring substituents is 1. The van der Waals surface area contributed by atoms with Crippen LogP contribution in [-0.2, 0) is 6.42 Å². The molecule has 5 heteroatoms. The fraction of sp³-hybridized carbons (Fsp3) is 0.455. The summed E-state index contributed by atoms with van der Waals surface area (Å²) in [6.07, 6.45) is -0.0270. The molecule has 0 bridgehead atoms. The van der Waals surface area contributed by atoms with E-state index in [1.54, 1.807) is 19.1 Å². The fourth-order valence-corrected chi connectivity index (χ4v) is 1.56. The first-order valence-corrected chi connectivity index (χ1v) is 5.40. The van der Waals surface area contributed by atoms with E-state index in [1.807, 2.05) is 6.92 Å². The van der Waals surface area contributed by atoms with Crippen LogP contribution in [0.3, 0.4) is 0 Å². The molecule has 1 rings (SSSR count). The van der Waals surface area contributed by atoms with Crippen molar-refractivity contribution in [3.05, 3.63) is 38.9 Å². The quantitative estimate of drug-likeness (QED) is 0.653. The van der Waals surface area contributed by atoms with Gasteiger partial charge in [-0.2, -0.15) is 0 Å². The highest BCUT2D eigenvalue weighted by Crippen LogP contribution is 2.26. The van der Waals surface area contributed by atoms with Gasteiger partial charge in [-0.25, -0.2) is 0 Å². The Morgan fingerprint density at radius 3 is 2.62 bits per heavy atom. The van der Waals surface area contributed by atoms with Crippen molar-refractivity contribution >= 4 is 17.3 Å². The van der Waals surface area contributed by atoms with Gasteiger partial charge >= 0.3 is 0 Å². The average Bonchev–Trinajstić information content (AvgIpc) is 2.20. The summed E-state index contributed by atoms with van der Waals surface area (Å²) in [5.74, 6) is -0.0279. The lowest BCUT2D eigenvalue weighted by Gasteiger charge is -2.14. The average molecular weight is 244 g/mol. The Kier molecular flexibility index (Phi) is 4.26. The molecule has 0 radical (unpaired) electrons. The van der Waals surface area contributed by atoms with Crippen LogP contribution in [0.25, 0.3) is 0 Å². The van der Waals surface area contributed by atoms with Gasteiger partial charge in [0.05, 0.1) is 11.0 Å². The van der Waals surface area contributed by atoms with Gasteiger partial charge in [-0.1, -0.05) is 24.6 Å². The molecule has 0 aliphatic carbocycles. The van der Waals surface area contributed by atoms with Crippen LogP contribution in [0.2, 0.25) is 5.02 Å². The lowest BCUT2D eigenvalue weighted by atomic mass is 9.96. The summed E-state index contributed by atoms with van der Waals surface area (Å²) in [7, 11) is 0. The molecule has 0 fully saturated rings. The molecule has 0 spiro atoms. The summed E-state index contributed by atoms with van der Waals surface area (Å²) in [5, 5.41) is 20.5.